The summed E-state index contributed by atoms with van der Waals surface area (Å²) >= 11 is 0. The normalized spacial score (nSPS) is 20.9. The summed E-state index contributed by atoms with van der Waals surface area (Å²) in [5.41, 5.74) is 1.09. The Labute approximate surface area is 206 Å². The van der Waals surface area contributed by atoms with Gasteiger partial charge in [0.05, 0.1) is 13.2 Å². The Balaban J connectivity index is 1.93. The zero-order chi connectivity index (χ0) is 25.8. The zero-order valence-corrected chi connectivity index (χ0v) is 21.1. The number of sulfonamides is 1. The van der Waals surface area contributed by atoms with Crippen LogP contribution in [0, 0.1) is 11.7 Å². The Morgan fingerprint density at radius 3 is 2.74 bits per heavy atom. The van der Waals surface area contributed by atoms with E-state index >= 15 is 0 Å². The monoisotopic (exact) mass is 505 g/mol. The standard InChI is InChI=1S/C25H32FN3O5S/c1-5-7-19-10-11-24-22(12-19)34-23(17(2)14-29(18(3)16-30)35(24,32)33)15-28(4)25(31)27-21-9-6-8-20(26)13-21/h5-13,17-18,23,30H,14-16H2,1-4H3,(H,27,31)/t17-,18-,23-/m0/s1. The first-order chi connectivity index (χ1) is 16.6. The molecule has 0 fully saturated rings. The molecule has 0 saturated heterocycles. The lowest BCUT2D eigenvalue weighted by Crippen LogP contribution is -2.50. The van der Waals surface area contributed by atoms with Gasteiger partial charge in [0, 0.05) is 31.2 Å². The highest BCUT2D eigenvalue weighted by Gasteiger charge is 2.38. The van der Waals surface area contributed by atoms with Gasteiger partial charge in [-0.25, -0.2) is 17.6 Å². The summed E-state index contributed by atoms with van der Waals surface area (Å²) < 4.78 is 48.0. The number of benzene rings is 2. The Morgan fingerprint density at radius 1 is 1.34 bits per heavy atom. The number of hydrogen-bond donors (Lipinski definition) is 2. The number of fused-ring (bicyclic) bond motifs is 1. The molecular formula is C25H32FN3O5S. The molecule has 3 rings (SSSR count). The van der Waals surface area contributed by atoms with Crippen molar-refractivity contribution < 1.29 is 27.4 Å². The maximum atomic E-state index is 13.5. The Bertz CT molecular complexity index is 1190. The van der Waals surface area contributed by atoms with Crippen LogP contribution in [0.5, 0.6) is 5.75 Å². The number of carbonyl (C=O) groups is 1. The molecular weight excluding hydrogens is 473 g/mol. The number of halogens is 1. The molecule has 1 heterocycles. The third-order valence-corrected chi connectivity index (χ3v) is 7.95. The van der Waals surface area contributed by atoms with Crippen LogP contribution in [0.2, 0.25) is 0 Å². The van der Waals surface area contributed by atoms with Crippen molar-refractivity contribution >= 4 is 27.8 Å². The number of allylic oxidation sites excluding steroid dienone is 1. The van der Waals surface area contributed by atoms with E-state index in [1.54, 1.807) is 32.2 Å². The van der Waals surface area contributed by atoms with Crippen molar-refractivity contribution in [2.24, 2.45) is 5.92 Å². The largest absolute Gasteiger partial charge is 0.487 e. The van der Waals surface area contributed by atoms with Crippen LogP contribution in [-0.2, 0) is 10.0 Å². The third kappa shape index (κ3) is 6.19. The first-order valence-corrected chi connectivity index (χ1v) is 12.8. The molecule has 0 spiro atoms. The van der Waals surface area contributed by atoms with Gasteiger partial charge >= 0.3 is 6.03 Å². The molecule has 2 aromatic carbocycles. The van der Waals surface area contributed by atoms with Gasteiger partial charge in [0.15, 0.2) is 0 Å². The van der Waals surface area contributed by atoms with Crippen LogP contribution in [0.25, 0.3) is 6.08 Å². The van der Waals surface area contributed by atoms with Gasteiger partial charge in [-0.2, -0.15) is 4.31 Å². The molecule has 2 aromatic rings. The van der Waals surface area contributed by atoms with E-state index < -0.39 is 34.0 Å². The number of aliphatic hydroxyl groups is 1. The average molecular weight is 506 g/mol. The van der Waals surface area contributed by atoms with Gasteiger partial charge < -0.3 is 20.1 Å². The highest BCUT2D eigenvalue weighted by Crippen LogP contribution is 2.34. The number of nitrogens with zero attached hydrogens (tertiary/aromatic N) is 2. The molecule has 1 aliphatic heterocycles. The van der Waals surface area contributed by atoms with Crippen LogP contribution in [-0.4, -0.2) is 67.7 Å². The fourth-order valence-corrected chi connectivity index (χ4v) is 5.72. The summed E-state index contributed by atoms with van der Waals surface area (Å²) in [5, 5.41) is 12.4. The van der Waals surface area contributed by atoms with Gasteiger partial charge in [-0.1, -0.05) is 31.2 Å². The molecule has 10 heteroatoms. The van der Waals surface area contributed by atoms with Crippen molar-refractivity contribution in [3.05, 3.63) is 59.9 Å². The lowest BCUT2D eigenvalue weighted by molar-refractivity contribution is 0.0830. The number of urea groups is 1. The minimum atomic E-state index is -3.94. The minimum Gasteiger partial charge on any atom is -0.487 e. The first-order valence-electron chi connectivity index (χ1n) is 11.4. The highest BCUT2D eigenvalue weighted by molar-refractivity contribution is 7.89. The van der Waals surface area contributed by atoms with Gasteiger partial charge in [0.25, 0.3) is 0 Å². The van der Waals surface area contributed by atoms with Gasteiger partial charge in [-0.05, 0) is 49.7 Å². The molecule has 2 amide bonds. The van der Waals surface area contributed by atoms with Gasteiger partial charge in [-0.3, -0.25) is 0 Å². The quantitative estimate of drug-likeness (QED) is 0.622. The number of amides is 2. The number of carbonyl (C=O) groups excluding carboxylic acids is 1. The number of anilines is 1. The second kappa shape index (κ2) is 11.2. The van der Waals surface area contributed by atoms with E-state index in [-0.39, 0.29) is 36.3 Å². The predicted octanol–water partition coefficient (Wildman–Crippen LogP) is 3.79. The summed E-state index contributed by atoms with van der Waals surface area (Å²) in [5.74, 6) is -0.594. The Hall–Kier alpha value is -2.95. The highest BCUT2D eigenvalue weighted by atomic mass is 32.2. The molecule has 0 aromatic heterocycles. The summed E-state index contributed by atoms with van der Waals surface area (Å²) in [7, 11) is -2.35. The van der Waals surface area contributed by atoms with Crippen LogP contribution in [0.15, 0.2) is 53.4 Å². The average Bonchev–Trinajstić information content (AvgIpc) is 2.81. The van der Waals surface area contributed by atoms with E-state index in [2.05, 4.69) is 5.32 Å². The van der Waals surface area contributed by atoms with Gasteiger partial charge in [0.1, 0.15) is 22.6 Å². The van der Waals surface area contributed by atoms with Crippen molar-refractivity contribution in [3.63, 3.8) is 0 Å². The third-order valence-electron chi connectivity index (χ3n) is 5.93. The van der Waals surface area contributed by atoms with Gasteiger partial charge in [0.2, 0.25) is 10.0 Å². The molecule has 8 nitrogen and oxygen atoms in total. The predicted molar refractivity (Wildman–Crippen MR) is 133 cm³/mol. The lowest BCUT2D eigenvalue weighted by atomic mass is 10.0. The molecule has 0 unspecified atom stereocenters. The number of likely N-dealkylation sites (N-methyl/N-ethyl adjacent to an activating group) is 1. The number of aliphatic hydroxyl groups excluding tert-OH is 1. The van der Waals surface area contributed by atoms with Gasteiger partial charge in [-0.15, -0.1) is 0 Å². The summed E-state index contributed by atoms with van der Waals surface area (Å²) in [6, 6.07) is 9.36. The first kappa shape index (κ1) is 26.7. The van der Waals surface area contributed by atoms with Crippen molar-refractivity contribution in [1.82, 2.24) is 9.21 Å². The van der Waals surface area contributed by atoms with E-state index in [0.29, 0.717) is 5.69 Å². The SMILES string of the molecule is CC=Cc1ccc2c(c1)O[C@@H](CN(C)C(=O)Nc1cccc(F)c1)[C@@H](C)CN([C@@H](C)CO)S2(=O)=O. The van der Waals surface area contributed by atoms with E-state index in [1.807, 2.05) is 26.0 Å². The number of ether oxygens (including phenoxy) is 1. The van der Waals surface area contributed by atoms with Crippen molar-refractivity contribution in [2.75, 3.05) is 32.1 Å². The van der Waals surface area contributed by atoms with Crippen LogP contribution in [0.4, 0.5) is 14.9 Å². The minimum absolute atomic E-state index is 0.00909. The molecule has 0 bridgehead atoms. The topological polar surface area (TPSA) is 99.2 Å². The molecule has 0 radical (unpaired) electrons. The molecule has 3 atom stereocenters. The van der Waals surface area contributed by atoms with Crippen molar-refractivity contribution in [3.8, 4) is 5.75 Å². The number of hydrogen-bond acceptors (Lipinski definition) is 5. The van der Waals surface area contributed by atoms with Crippen LogP contribution < -0.4 is 10.1 Å². The fraction of sp³-hybridized carbons (Fsp3) is 0.400. The summed E-state index contributed by atoms with van der Waals surface area (Å²) in [6.07, 6.45) is 3.12. The summed E-state index contributed by atoms with van der Waals surface area (Å²) in [4.78, 5) is 14.2. The smallest absolute Gasteiger partial charge is 0.321 e. The van der Waals surface area contributed by atoms with Crippen LogP contribution in [0.1, 0.15) is 26.3 Å². The van der Waals surface area contributed by atoms with E-state index in [0.717, 1.165) is 5.56 Å². The fourth-order valence-electron chi connectivity index (χ4n) is 3.89. The van der Waals surface area contributed by atoms with Crippen molar-refractivity contribution in [1.29, 1.82) is 0 Å². The van der Waals surface area contributed by atoms with Crippen LogP contribution >= 0.6 is 0 Å². The van der Waals surface area contributed by atoms with Crippen molar-refractivity contribution in [2.45, 2.75) is 37.8 Å². The number of nitrogens with one attached hydrogen (secondary N) is 1. The lowest BCUT2D eigenvalue weighted by Gasteiger charge is -2.37. The zero-order valence-electron chi connectivity index (χ0n) is 20.3. The van der Waals surface area contributed by atoms with Crippen LogP contribution in [0.3, 0.4) is 0 Å². The molecule has 0 saturated carbocycles. The maximum Gasteiger partial charge on any atom is 0.321 e. The second-order valence-electron chi connectivity index (χ2n) is 8.77. The number of rotatable bonds is 6. The van der Waals surface area contributed by atoms with E-state index in [1.165, 1.54) is 33.5 Å². The molecule has 0 aliphatic carbocycles. The Morgan fingerprint density at radius 2 is 2.09 bits per heavy atom. The maximum absolute atomic E-state index is 13.5. The molecule has 2 N–H and O–H groups in total. The molecule has 1 aliphatic rings. The van der Waals surface area contributed by atoms with E-state index in [9.17, 15) is 22.7 Å². The Kier molecular flexibility index (Phi) is 8.52. The second-order valence-corrected chi connectivity index (χ2v) is 10.6. The summed E-state index contributed by atoms with van der Waals surface area (Å²) in [6.45, 7) is 5.26. The van der Waals surface area contributed by atoms with E-state index in [4.69, 9.17) is 4.74 Å². The molecule has 190 valence electrons. The molecule has 35 heavy (non-hydrogen) atoms.